The van der Waals surface area contributed by atoms with Crippen molar-refractivity contribution in [1.29, 1.82) is 0 Å². The van der Waals surface area contributed by atoms with Crippen LogP contribution in [0, 0.1) is 0 Å². The Morgan fingerprint density at radius 2 is 1.86 bits per heavy atom. The zero-order chi connectivity index (χ0) is 24.8. The Labute approximate surface area is 210 Å². The van der Waals surface area contributed by atoms with E-state index in [0.29, 0.717) is 42.6 Å². The zero-order valence-corrected chi connectivity index (χ0v) is 21.1. The average molecular weight is 518 g/mol. The molecule has 0 aliphatic carbocycles. The van der Waals surface area contributed by atoms with Crippen molar-refractivity contribution in [3.8, 4) is 5.75 Å². The molecule has 1 aliphatic heterocycles. The van der Waals surface area contributed by atoms with E-state index in [2.05, 4.69) is 4.98 Å². The van der Waals surface area contributed by atoms with Crippen molar-refractivity contribution in [1.82, 2.24) is 14.2 Å². The number of benzene rings is 2. The summed E-state index contributed by atoms with van der Waals surface area (Å²) in [6, 6.07) is 14.2. The number of carbonyl (C=O) groups excluding carboxylic acids is 1. The van der Waals surface area contributed by atoms with Crippen molar-refractivity contribution in [3.05, 3.63) is 65.4 Å². The number of amides is 1. The highest BCUT2D eigenvalue weighted by atomic mass is 35.5. The molecular formula is C25H28ClN3O5S. The number of hydrogen-bond donors (Lipinski definition) is 0. The van der Waals surface area contributed by atoms with Gasteiger partial charge in [0.2, 0.25) is 10.0 Å². The van der Waals surface area contributed by atoms with E-state index in [4.69, 9.17) is 21.1 Å². The number of hydrogen-bond acceptors (Lipinski definition) is 6. The first-order chi connectivity index (χ1) is 16.9. The third-order valence-corrected chi connectivity index (χ3v) is 8.04. The fraction of sp³-hybridized carbons (Fsp3) is 0.360. The van der Waals surface area contributed by atoms with Crippen LogP contribution in [0.4, 0.5) is 4.79 Å². The van der Waals surface area contributed by atoms with E-state index in [0.717, 1.165) is 12.0 Å². The highest BCUT2D eigenvalue weighted by Crippen LogP contribution is 2.36. The SMILES string of the molecule is CCCOc1ccc(S(=O)(=O)N2CCCN(C(=O)OCc3ccccc3)CC2)c2ccnc(Cl)c12. The third-order valence-electron chi connectivity index (χ3n) is 5.80. The molecule has 0 spiro atoms. The second-order valence-corrected chi connectivity index (χ2v) is 10.5. The molecule has 10 heteroatoms. The first kappa shape index (κ1) is 25.2. The molecule has 0 radical (unpaired) electrons. The maximum absolute atomic E-state index is 13.7. The molecule has 2 aromatic carbocycles. The van der Waals surface area contributed by atoms with Gasteiger partial charge < -0.3 is 14.4 Å². The lowest BCUT2D eigenvalue weighted by molar-refractivity contribution is 0.0980. The van der Waals surface area contributed by atoms with E-state index in [1.54, 1.807) is 23.1 Å². The summed E-state index contributed by atoms with van der Waals surface area (Å²) in [5, 5.41) is 1.13. The van der Waals surface area contributed by atoms with Gasteiger partial charge in [0.15, 0.2) is 0 Å². The van der Waals surface area contributed by atoms with Crippen LogP contribution in [-0.2, 0) is 21.4 Å². The minimum absolute atomic E-state index is 0.140. The van der Waals surface area contributed by atoms with Gasteiger partial charge in [0.1, 0.15) is 17.5 Å². The summed E-state index contributed by atoms with van der Waals surface area (Å²) in [5.41, 5.74) is 0.895. The maximum atomic E-state index is 13.7. The van der Waals surface area contributed by atoms with E-state index in [9.17, 15) is 13.2 Å². The molecule has 1 saturated heterocycles. The van der Waals surface area contributed by atoms with Gasteiger partial charge in [-0.25, -0.2) is 18.2 Å². The molecule has 3 aromatic rings. The van der Waals surface area contributed by atoms with Crippen molar-refractivity contribution in [3.63, 3.8) is 0 Å². The average Bonchev–Trinajstić information content (AvgIpc) is 3.13. The Bertz CT molecular complexity index is 1290. The molecule has 0 unspecified atom stereocenters. The van der Waals surface area contributed by atoms with Crippen molar-refractivity contribution in [2.24, 2.45) is 0 Å². The van der Waals surface area contributed by atoms with Crippen LogP contribution >= 0.6 is 11.6 Å². The largest absolute Gasteiger partial charge is 0.493 e. The number of pyridine rings is 1. The Hall–Kier alpha value is -2.88. The molecule has 35 heavy (non-hydrogen) atoms. The van der Waals surface area contributed by atoms with Crippen LogP contribution < -0.4 is 4.74 Å². The second kappa shape index (κ2) is 11.2. The smallest absolute Gasteiger partial charge is 0.410 e. The van der Waals surface area contributed by atoms with Gasteiger partial charge in [0, 0.05) is 37.8 Å². The van der Waals surface area contributed by atoms with Crippen LogP contribution in [0.2, 0.25) is 5.15 Å². The van der Waals surface area contributed by atoms with Gasteiger partial charge in [-0.15, -0.1) is 0 Å². The Kier molecular flexibility index (Phi) is 8.10. The lowest BCUT2D eigenvalue weighted by atomic mass is 10.1. The summed E-state index contributed by atoms with van der Waals surface area (Å²) in [5.74, 6) is 0.502. The number of carbonyl (C=O) groups is 1. The highest BCUT2D eigenvalue weighted by Gasteiger charge is 2.31. The number of nitrogens with zero attached hydrogens (tertiary/aromatic N) is 3. The van der Waals surface area contributed by atoms with Crippen molar-refractivity contribution in [2.45, 2.75) is 31.3 Å². The summed E-state index contributed by atoms with van der Waals surface area (Å²) < 4.78 is 40.0. The van der Waals surface area contributed by atoms with E-state index >= 15 is 0 Å². The molecule has 8 nitrogen and oxygen atoms in total. The topological polar surface area (TPSA) is 89.0 Å². The maximum Gasteiger partial charge on any atom is 0.410 e. The van der Waals surface area contributed by atoms with Crippen LogP contribution in [0.3, 0.4) is 0 Å². The standard InChI is InChI=1S/C25H28ClN3O5S/c1-2-17-33-21-9-10-22(20-11-12-27-24(26)23(20)21)35(31,32)29-14-6-13-28(15-16-29)25(30)34-18-19-7-4-3-5-8-19/h3-5,7-12H,2,6,13-18H2,1H3. The predicted molar refractivity (Wildman–Crippen MR) is 134 cm³/mol. The first-order valence-corrected chi connectivity index (χ1v) is 13.4. The Balaban J connectivity index is 1.51. The van der Waals surface area contributed by atoms with Crippen LogP contribution in [0.25, 0.3) is 10.8 Å². The Morgan fingerprint density at radius 1 is 1.06 bits per heavy atom. The first-order valence-electron chi connectivity index (χ1n) is 11.6. The zero-order valence-electron chi connectivity index (χ0n) is 19.5. The van der Waals surface area contributed by atoms with E-state index in [-0.39, 0.29) is 29.7 Å². The molecule has 2 heterocycles. The molecule has 186 valence electrons. The normalized spacial score (nSPS) is 15.1. The molecular weight excluding hydrogens is 490 g/mol. The minimum Gasteiger partial charge on any atom is -0.493 e. The quantitative estimate of drug-likeness (QED) is 0.422. The fourth-order valence-electron chi connectivity index (χ4n) is 4.02. The van der Waals surface area contributed by atoms with Gasteiger partial charge in [-0.2, -0.15) is 4.31 Å². The molecule has 0 saturated carbocycles. The van der Waals surface area contributed by atoms with Gasteiger partial charge in [0.05, 0.1) is 16.9 Å². The van der Waals surface area contributed by atoms with Crippen molar-refractivity contribution in [2.75, 3.05) is 32.8 Å². The summed E-state index contributed by atoms with van der Waals surface area (Å²) >= 11 is 6.35. The summed E-state index contributed by atoms with van der Waals surface area (Å²) in [7, 11) is -3.86. The van der Waals surface area contributed by atoms with Crippen LogP contribution in [0.15, 0.2) is 59.6 Å². The molecule has 1 amide bonds. The number of aromatic nitrogens is 1. The van der Waals surface area contributed by atoms with Crippen LogP contribution in [0.5, 0.6) is 5.75 Å². The fourth-order valence-corrected chi connectivity index (χ4v) is 5.93. The van der Waals surface area contributed by atoms with Gasteiger partial charge >= 0.3 is 6.09 Å². The molecule has 4 rings (SSSR count). The monoisotopic (exact) mass is 517 g/mol. The van der Waals surface area contributed by atoms with Gasteiger partial charge in [-0.3, -0.25) is 0 Å². The number of rotatable bonds is 7. The van der Waals surface area contributed by atoms with E-state index in [1.165, 1.54) is 10.5 Å². The third kappa shape index (κ3) is 5.69. The van der Waals surface area contributed by atoms with Crippen molar-refractivity contribution >= 4 is 38.5 Å². The van der Waals surface area contributed by atoms with Crippen LogP contribution in [0.1, 0.15) is 25.3 Å². The van der Waals surface area contributed by atoms with E-state index < -0.39 is 16.1 Å². The molecule has 1 aliphatic rings. The highest BCUT2D eigenvalue weighted by molar-refractivity contribution is 7.89. The number of halogens is 1. The van der Waals surface area contributed by atoms with Gasteiger partial charge in [0.25, 0.3) is 0 Å². The number of sulfonamides is 1. The molecule has 1 fully saturated rings. The molecule has 0 N–H and O–H groups in total. The second-order valence-electron chi connectivity index (χ2n) is 8.22. The molecule has 1 aromatic heterocycles. The lowest BCUT2D eigenvalue weighted by Crippen LogP contribution is -2.37. The number of fused-ring (bicyclic) bond motifs is 1. The summed E-state index contributed by atoms with van der Waals surface area (Å²) in [6.07, 6.45) is 2.34. The van der Waals surface area contributed by atoms with Gasteiger partial charge in [-0.1, -0.05) is 48.9 Å². The predicted octanol–water partition coefficient (Wildman–Crippen LogP) is 4.71. The molecule has 0 atom stereocenters. The summed E-state index contributed by atoms with van der Waals surface area (Å²) in [4.78, 5) is 18.4. The molecule has 0 bridgehead atoms. The van der Waals surface area contributed by atoms with Crippen molar-refractivity contribution < 1.29 is 22.7 Å². The minimum atomic E-state index is -3.86. The lowest BCUT2D eigenvalue weighted by Gasteiger charge is -2.22. The number of ether oxygens (including phenoxy) is 2. The van der Waals surface area contributed by atoms with Gasteiger partial charge in [-0.05, 0) is 36.6 Å². The Morgan fingerprint density at radius 3 is 2.63 bits per heavy atom. The summed E-state index contributed by atoms with van der Waals surface area (Å²) in [6.45, 7) is 3.75. The van der Waals surface area contributed by atoms with E-state index in [1.807, 2.05) is 37.3 Å². The van der Waals surface area contributed by atoms with Crippen LogP contribution in [-0.4, -0.2) is 61.5 Å².